The van der Waals surface area contributed by atoms with Crippen molar-refractivity contribution in [1.82, 2.24) is 4.98 Å². The molecule has 1 N–H and O–H groups in total. The maximum Gasteiger partial charge on any atom is 0.183 e. The van der Waals surface area contributed by atoms with Crippen LogP contribution < -0.4 is 5.32 Å². The highest BCUT2D eigenvalue weighted by Gasteiger charge is 2.34. The Bertz CT molecular complexity index is 335. The molecule has 15 heavy (non-hydrogen) atoms. The number of aromatic nitrogens is 1. The second-order valence-electron chi connectivity index (χ2n) is 5.24. The van der Waals surface area contributed by atoms with Crippen molar-refractivity contribution in [3.8, 4) is 0 Å². The highest BCUT2D eigenvalue weighted by Crippen LogP contribution is 2.39. The minimum Gasteiger partial charge on any atom is -0.358 e. The van der Waals surface area contributed by atoms with Crippen molar-refractivity contribution in [2.45, 2.75) is 53.0 Å². The van der Waals surface area contributed by atoms with Crippen molar-refractivity contribution in [2.24, 2.45) is 5.41 Å². The third-order valence-electron chi connectivity index (χ3n) is 3.58. The molecule has 1 atom stereocenters. The summed E-state index contributed by atoms with van der Waals surface area (Å²) in [5, 5.41) is 4.70. The van der Waals surface area contributed by atoms with E-state index in [1.807, 2.05) is 0 Å². The van der Waals surface area contributed by atoms with Gasteiger partial charge in [0, 0.05) is 10.9 Å². The van der Waals surface area contributed by atoms with E-state index in [4.69, 9.17) is 0 Å². The van der Waals surface area contributed by atoms with Crippen LogP contribution in [0.5, 0.6) is 0 Å². The Balaban J connectivity index is 2.09. The van der Waals surface area contributed by atoms with E-state index < -0.39 is 0 Å². The molecule has 1 unspecified atom stereocenters. The van der Waals surface area contributed by atoms with Gasteiger partial charge < -0.3 is 5.32 Å². The van der Waals surface area contributed by atoms with Gasteiger partial charge in [-0.3, -0.25) is 0 Å². The van der Waals surface area contributed by atoms with Crippen molar-refractivity contribution >= 4 is 16.5 Å². The van der Waals surface area contributed by atoms with Gasteiger partial charge in [-0.2, -0.15) is 0 Å². The maximum atomic E-state index is 4.55. The summed E-state index contributed by atoms with van der Waals surface area (Å²) in [4.78, 5) is 5.87. The molecule has 0 spiro atoms. The Labute approximate surface area is 96.1 Å². The van der Waals surface area contributed by atoms with Gasteiger partial charge in [0.1, 0.15) is 0 Å². The number of nitrogens with one attached hydrogen (secondary N) is 1. The average Bonchev–Trinajstić information content (AvgIpc) is 2.59. The second kappa shape index (κ2) is 3.78. The van der Waals surface area contributed by atoms with Crippen LogP contribution in [0.1, 0.15) is 43.7 Å². The Hall–Kier alpha value is -0.570. The van der Waals surface area contributed by atoms with E-state index in [1.165, 1.54) is 29.8 Å². The Kier molecular flexibility index (Phi) is 2.75. The molecule has 1 aromatic heterocycles. The van der Waals surface area contributed by atoms with Crippen LogP contribution in [0.3, 0.4) is 0 Å². The number of nitrogens with zero attached hydrogens (tertiary/aromatic N) is 1. The van der Waals surface area contributed by atoms with Crippen molar-refractivity contribution in [3.05, 3.63) is 10.6 Å². The van der Waals surface area contributed by atoms with E-state index in [0.29, 0.717) is 11.5 Å². The first-order valence-corrected chi connectivity index (χ1v) is 6.51. The van der Waals surface area contributed by atoms with Gasteiger partial charge in [-0.05, 0) is 32.1 Å². The number of aryl methyl sites for hydroxylation is 2. The minimum absolute atomic E-state index is 0.424. The van der Waals surface area contributed by atoms with Gasteiger partial charge >= 0.3 is 0 Å². The molecule has 0 amide bonds. The molecule has 1 aromatic rings. The summed E-state index contributed by atoms with van der Waals surface area (Å²) in [5.41, 5.74) is 1.59. The molecule has 0 aromatic carbocycles. The number of rotatable bonds is 2. The number of hydrogen-bond acceptors (Lipinski definition) is 3. The van der Waals surface area contributed by atoms with E-state index >= 15 is 0 Å². The normalized spacial score (nSPS) is 24.4. The van der Waals surface area contributed by atoms with Crippen LogP contribution in [0, 0.1) is 19.3 Å². The summed E-state index contributed by atoms with van der Waals surface area (Å²) in [6, 6.07) is 0.599. The van der Waals surface area contributed by atoms with E-state index in [9.17, 15) is 0 Å². The van der Waals surface area contributed by atoms with E-state index in [0.717, 1.165) is 5.13 Å². The standard InChI is InChI=1S/C12H20N2S/c1-8-9(2)15-11(13-8)14-10-6-5-7-12(10,3)4/h10H,5-7H2,1-4H3,(H,13,14). The zero-order chi connectivity index (χ0) is 11.1. The highest BCUT2D eigenvalue weighted by atomic mass is 32.1. The van der Waals surface area contributed by atoms with Crippen LogP contribution in [-0.2, 0) is 0 Å². The second-order valence-corrected chi connectivity index (χ2v) is 6.44. The Morgan fingerprint density at radius 2 is 2.13 bits per heavy atom. The van der Waals surface area contributed by atoms with Crippen molar-refractivity contribution < 1.29 is 0 Å². The van der Waals surface area contributed by atoms with Gasteiger partial charge in [0.2, 0.25) is 0 Å². The lowest BCUT2D eigenvalue weighted by Gasteiger charge is -2.27. The summed E-state index contributed by atoms with van der Waals surface area (Å²) in [7, 11) is 0. The predicted molar refractivity (Wildman–Crippen MR) is 66.6 cm³/mol. The average molecular weight is 224 g/mol. The summed E-state index contributed by atoms with van der Waals surface area (Å²) in [6.07, 6.45) is 3.95. The van der Waals surface area contributed by atoms with Gasteiger partial charge in [-0.25, -0.2) is 4.98 Å². The van der Waals surface area contributed by atoms with Gasteiger partial charge in [-0.15, -0.1) is 11.3 Å². The molecule has 0 bridgehead atoms. The number of anilines is 1. The minimum atomic E-state index is 0.424. The molecule has 0 radical (unpaired) electrons. The number of hydrogen-bond donors (Lipinski definition) is 1. The molecule has 0 saturated heterocycles. The highest BCUT2D eigenvalue weighted by molar-refractivity contribution is 7.15. The summed E-state index contributed by atoms with van der Waals surface area (Å²) in [6.45, 7) is 8.92. The number of thiazole rings is 1. The fourth-order valence-corrected chi connectivity index (χ4v) is 3.14. The molecular formula is C12H20N2S. The van der Waals surface area contributed by atoms with Crippen LogP contribution in [0.15, 0.2) is 0 Å². The fraction of sp³-hybridized carbons (Fsp3) is 0.750. The van der Waals surface area contributed by atoms with Crippen LogP contribution in [0.2, 0.25) is 0 Å². The molecule has 2 rings (SSSR count). The Morgan fingerprint density at radius 1 is 1.40 bits per heavy atom. The van der Waals surface area contributed by atoms with Crippen molar-refractivity contribution in [2.75, 3.05) is 5.32 Å². The third-order valence-corrected chi connectivity index (χ3v) is 4.59. The molecule has 1 fully saturated rings. The molecule has 2 nitrogen and oxygen atoms in total. The van der Waals surface area contributed by atoms with Crippen LogP contribution in [0.25, 0.3) is 0 Å². The third kappa shape index (κ3) is 2.17. The van der Waals surface area contributed by atoms with Gasteiger partial charge in [0.05, 0.1) is 5.69 Å². The quantitative estimate of drug-likeness (QED) is 0.827. The van der Waals surface area contributed by atoms with Gasteiger partial charge in [-0.1, -0.05) is 20.3 Å². The molecule has 3 heteroatoms. The van der Waals surface area contributed by atoms with Gasteiger partial charge in [0.25, 0.3) is 0 Å². The molecule has 1 aliphatic rings. The topological polar surface area (TPSA) is 24.9 Å². The van der Waals surface area contributed by atoms with Gasteiger partial charge in [0.15, 0.2) is 5.13 Å². The van der Waals surface area contributed by atoms with E-state index in [2.05, 4.69) is 38.0 Å². The van der Waals surface area contributed by atoms with E-state index in [-0.39, 0.29) is 0 Å². The summed E-state index contributed by atoms with van der Waals surface area (Å²) >= 11 is 1.78. The molecule has 1 aliphatic carbocycles. The molecule has 1 heterocycles. The van der Waals surface area contributed by atoms with Crippen LogP contribution in [0.4, 0.5) is 5.13 Å². The smallest absolute Gasteiger partial charge is 0.183 e. The maximum absolute atomic E-state index is 4.55. The van der Waals surface area contributed by atoms with Crippen molar-refractivity contribution in [3.63, 3.8) is 0 Å². The van der Waals surface area contributed by atoms with E-state index in [1.54, 1.807) is 11.3 Å². The molecular weight excluding hydrogens is 204 g/mol. The lowest BCUT2D eigenvalue weighted by molar-refractivity contribution is 0.350. The summed E-state index contributed by atoms with van der Waals surface area (Å²) in [5.74, 6) is 0. The van der Waals surface area contributed by atoms with Crippen LogP contribution >= 0.6 is 11.3 Å². The lowest BCUT2D eigenvalue weighted by atomic mass is 9.87. The molecule has 84 valence electrons. The summed E-state index contributed by atoms with van der Waals surface area (Å²) < 4.78 is 0. The fourth-order valence-electron chi connectivity index (χ4n) is 2.28. The first-order chi connectivity index (χ1) is 6.99. The lowest BCUT2D eigenvalue weighted by Crippen LogP contribution is -2.30. The van der Waals surface area contributed by atoms with Crippen LogP contribution in [-0.4, -0.2) is 11.0 Å². The van der Waals surface area contributed by atoms with Crippen molar-refractivity contribution in [1.29, 1.82) is 0 Å². The zero-order valence-electron chi connectivity index (χ0n) is 10.1. The SMILES string of the molecule is Cc1nc(NC2CCCC2(C)C)sc1C. The largest absolute Gasteiger partial charge is 0.358 e. The first kappa shape index (κ1) is 10.9. The monoisotopic (exact) mass is 224 g/mol. The molecule has 0 aliphatic heterocycles. The zero-order valence-corrected chi connectivity index (χ0v) is 10.9. The Morgan fingerprint density at radius 3 is 2.60 bits per heavy atom. The first-order valence-electron chi connectivity index (χ1n) is 5.69. The molecule has 1 saturated carbocycles. The predicted octanol–water partition coefficient (Wildman–Crippen LogP) is 3.75.